The molecule has 2 heterocycles. The third kappa shape index (κ3) is 2.82. The van der Waals surface area contributed by atoms with Crippen LogP contribution >= 0.6 is 0 Å². The Morgan fingerprint density at radius 3 is 2.88 bits per heavy atom. The van der Waals surface area contributed by atoms with Crippen molar-refractivity contribution in [2.24, 2.45) is 5.92 Å². The monoisotopic (exact) mass is 254 g/mol. The predicted molar refractivity (Wildman–Crippen MR) is 64.4 cm³/mol. The summed E-state index contributed by atoms with van der Waals surface area (Å²) in [4.78, 5) is 15.9. The fourth-order valence-electron chi connectivity index (χ4n) is 1.84. The summed E-state index contributed by atoms with van der Waals surface area (Å²) in [6.45, 7) is 1.84. The zero-order valence-corrected chi connectivity index (χ0v) is 10.3. The average molecular weight is 254 g/mol. The molecule has 17 heavy (non-hydrogen) atoms. The SMILES string of the molecule is Cc1cccnc1NC(=O)C1CCS(=O)(=O)C1. The van der Waals surface area contributed by atoms with Crippen LogP contribution in [0.4, 0.5) is 5.82 Å². The molecule has 1 aromatic rings. The first-order valence-electron chi connectivity index (χ1n) is 5.41. The Balaban J connectivity index is 2.06. The quantitative estimate of drug-likeness (QED) is 0.845. The van der Waals surface area contributed by atoms with Crippen molar-refractivity contribution in [2.75, 3.05) is 16.8 Å². The Kier molecular flexibility index (Phi) is 3.15. The maximum atomic E-state index is 11.8. The van der Waals surface area contributed by atoms with E-state index in [0.717, 1.165) is 5.56 Å². The van der Waals surface area contributed by atoms with Crippen molar-refractivity contribution in [2.45, 2.75) is 13.3 Å². The van der Waals surface area contributed by atoms with Gasteiger partial charge in [-0.15, -0.1) is 0 Å². The molecule has 0 saturated carbocycles. The number of sulfone groups is 1. The number of carbonyl (C=O) groups is 1. The summed E-state index contributed by atoms with van der Waals surface area (Å²) in [5, 5.41) is 2.68. The van der Waals surface area contributed by atoms with Gasteiger partial charge in [-0.05, 0) is 25.0 Å². The van der Waals surface area contributed by atoms with Gasteiger partial charge in [-0.25, -0.2) is 13.4 Å². The summed E-state index contributed by atoms with van der Waals surface area (Å²) in [5.41, 5.74) is 0.863. The van der Waals surface area contributed by atoms with E-state index in [1.165, 1.54) is 0 Å². The summed E-state index contributed by atoms with van der Waals surface area (Å²) in [5.74, 6) is -0.145. The van der Waals surface area contributed by atoms with E-state index in [1.807, 2.05) is 13.0 Å². The third-order valence-electron chi connectivity index (χ3n) is 2.85. The van der Waals surface area contributed by atoms with Crippen molar-refractivity contribution in [3.8, 4) is 0 Å². The van der Waals surface area contributed by atoms with Crippen LogP contribution in [0.3, 0.4) is 0 Å². The van der Waals surface area contributed by atoms with Crippen LogP contribution in [0.25, 0.3) is 0 Å². The Morgan fingerprint density at radius 2 is 2.29 bits per heavy atom. The van der Waals surface area contributed by atoms with Crippen molar-refractivity contribution in [1.82, 2.24) is 4.98 Å². The zero-order chi connectivity index (χ0) is 12.5. The molecule has 6 heteroatoms. The summed E-state index contributed by atoms with van der Waals surface area (Å²) < 4.78 is 22.5. The minimum atomic E-state index is -3.02. The lowest BCUT2D eigenvalue weighted by Gasteiger charge is -2.10. The number of anilines is 1. The second-order valence-electron chi connectivity index (χ2n) is 4.26. The normalized spacial score (nSPS) is 22.3. The maximum absolute atomic E-state index is 11.8. The van der Waals surface area contributed by atoms with Crippen LogP contribution < -0.4 is 5.32 Å². The summed E-state index contributed by atoms with van der Waals surface area (Å²) in [7, 11) is -3.02. The van der Waals surface area contributed by atoms with Crippen molar-refractivity contribution in [3.05, 3.63) is 23.9 Å². The number of hydrogen-bond donors (Lipinski definition) is 1. The van der Waals surface area contributed by atoms with Gasteiger partial charge in [-0.2, -0.15) is 0 Å². The first-order valence-corrected chi connectivity index (χ1v) is 7.23. The van der Waals surface area contributed by atoms with Crippen LogP contribution in [-0.4, -0.2) is 30.8 Å². The number of rotatable bonds is 2. The first-order chi connectivity index (χ1) is 7.98. The summed E-state index contributed by atoms with van der Waals surface area (Å²) in [6, 6.07) is 3.62. The highest BCUT2D eigenvalue weighted by molar-refractivity contribution is 7.91. The van der Waals surface area contributed by atoms with Gasteiger partial charge in [0.1, 0.15) is 5.82 Å². The summed E-state index contributed by atoms with van der Waals surface area (Å²) >= 11 is 0. The van der Waals surface area contributed by atoms with Gasteiger partial charge in [-0.3, -0.25) is 4.79 Å². The van der Waals surface area contributed by atoms with Gasteiger partial charge >= 0.3 is 0 Å². The van der Waals surface area contributed by atoms with Crippen LogP contribution in [0.5, 0.6) is 0 Å². The van der Waals surface area contributed by atoms with Crippen LogP contribution in [0.2, 0.25) is 0 Å². The van der Waals surface area contributed by atoms with Gasteiger partial charge in [0.05, 0.1) is 17.4 Å². The molecular weight excluding hydrogens is 240 g/mol. The highest BCUT2D eigenvalue weighted by Gasteiger charge is 2.33. The smallest absolute Gasteiger partial charge is 0.229 e. The van der Waals surface area contributed by atoms with E-state index in [-0.39, 0.29) is 17.4 Å². The van der Waals surface area contributed by atoms with Gasteiger partial charge in [0.2, 0.25) is 5.91 Å². The number of aryl methyl sites for hydroxylation is 1. The van der Waals surface area contributed by atoms with Crippen molar-refractivity contribution in [1.29, 1.82) is 0 Å². The number of carbonyl (C=O) groups excluding carboxylic acids is 1. The predicted octanol–water partition coefficient (Wildman–Crippen LogP) is 0.763. The van der Waals surface area contributed by atoms with Crippen LogP contribution in [-0.2, 0) is 14.6 Å². The number of aromatic nitrogens is 1. The molecule has 1 aliphatic rings. The van der Waals surface area contributed by atoms with Crippen molar-refractivity contribution >= 4 is 21.6 Å². The molecule has 2 rings (SSSR count). The molecule has 0 aromatic carbocycles. The van der Waals surface area contributed by atoms with Gasteiger partial charge in [-0.1, -0.05) is 6.07 Å². The Morgan fingerprint density at radius 1 is 1.53 bits per heavy atom. The molecule has 1 saturated heterocycles. The molecule has 92 valence electrons. The van der Waals surface area contributed by atoms with E-state index in [0.29, 0.717) is 12.2 Å². The van der Waals surface area contributed by atoms with Gasteiger partial charge < -0.3 is 5.32 Å². The lowest BCUT2D eigenvalue weighted by molar-refractivity contribution is -0.119. The lowest BCUT2D eigenvalue weighted by atomic mass is 10.1. The second kappa shape index (κ2) is 4.44. The number of hydrogen-bond acceptors (Lipinski definition) is 4. The van der Waals surface area contributed by atoms with Crippen molar-refractivity contribution in [3.63, 3.8) is 0 Å². The third-order valence-corrected chi connectivity index (χ3v) is 4.62. The molecule has 5 nitrogen and oxygen atoms in total. The van der Waals surface area contributed by atoms with E-state index in [9.17, 15) is 13.2 Å². The van der Waals surface area contributed by atoms with Crippen molar-refractivity contribution < 1.29 is 13.2 Å². The fourth-order valence-corrected chi connectivity index (χ4v) is 3.58. The van der Waals surface area contributed by atoms with Crippen LogP contribution in [0, 0.1) is 12.8 Å². The molecule has 1 N–H and O–H groups in total. The first kappa shape index (κ1) is 12.0. The summed E-state index contributed by atoms with van der Waals surface area (Å²) in [6.07, 6.45) is 1.99. The standard InChI is InChI=1S/C11H14N2O3S/c1-8-3-2-5-12-10(8)13-11(14)9-4-6-17(15,16)7-9/h2-3,5,9H,4,6-7H2,1H3,(H,12,13,14). The van der Waals surface area contributed by atoms with E-state index >= 15 is 0 Å². The Labute approximate surface area is 100 Å². The topological polar surface area (TPSA) is 76.1 Å². The molecule has 0 spiro atoms. The lowest BCUT2D eigenvalue weighted by Crippen LogP contribution is -2.24. The number of amides is 1. The second-order valence-corrected chi connectivity index (χ2v) is 6.49. The van der Waals surface area contributed by atoms with E-state index < -0.39 is 15.8 Å². The number of nitrogens with zero attached hydrogens (tertiary/aromatic N) is 1. The molecule has 1 atom stereocenters. The van der Waals surface area contributed by atoms with Crippen LogP contribution in [0.15, 0.2) is 18.3 Å². The minimum Gasteiger partial charge on any atom is -0.310 e. The van der Waals surface area contributed by atoms with E-state index in [2.05, 4.69) is 10.3 Å². The highest BCUT2D eigenvalue weighted by Crippen LogP contribution is 2.20. The molecule has 1 unspecified atom stereocenters. The number of pyridine rings is 1. The molecule has 1 fully saturated rings. The van der Waals surface area contributed by atoms with Gasteiger partial charge in [0, 0.05) is 6.20 Å². The molecule has 1 aliphatic heterocycles. The average Bonchev–Trinajstić information content (AvgIpc) is 2.62. The van der Waals surface area contributed by atoms with Gasteiger partial charge in [0.15, 0.2) is 9.84 Å². The molecular formula is C11H14N2O3S. The molecule has 0 bridgehead atoms. The molecule has 0 radical (unpaired) electrons. The van der Waals surface area contributed by atoms with Gasteiger partial charge in [0.25, 0.3) is 0 Å². The van der Waals surface area contributed by atoms with E-state index in [4.69, 9.17) is 0 Å². The molecule has 1 aromatic heterocycles. The van der Waals surface area contributed by atoms with E-state index in [1.54, 1.807) is 12.3 Å². The largest absolute Gasteiger partial charge is 0.310 e. The fraction of sp³-hybridized carbons (Fsp3) is 0.455. The zero-order valence-electron chi connectivity index (χ0n) is 9.51. The maximum Gasteiger partial charge on any atom is 0.229 e. The Hall–Kier alpha value is -1.43. The Bertz CT molecular complexity index is 539. The molecule has 1 amide bonds. The van der Waals surface area contributed by atoms with Crippen LogP contribution in [0.1, 0.15) is 12.0 Å². The molecule has 0 aliphatic carbocycles. The minimum absolute atomic E-state index is 0.0509. The number of nitrogens with one attached hydrogen (secondary N) is 1. The highest BCUT2D eigenvalue weighted by atomic mass is 32.2.